The lowest BCUT2D eigenvalue weighted by Gasteiger charge is -2.05. The smallest absolute Gasteiger partial charge is 0.320 e. The molecular weight excluding hydrogens is 220 g/mol. The molecule has 0 saturated heterocycles. The molecule has 0 aliphatic rings. The topological polar surface area (TPSA) is 63.1 Å². The molecule has 0 bridgehead atoms. The van der Waals surface area contributed by atoms with Gasteiger partial charge in [-0.05, 0) is 23.2 Å². The summed E-state index contributed by atoms with van der Waals surface area (Å²) >= 11 is 5.20. The van der Waals surface area contributed by atoms with Gasteiger partial charge in [-0.25, -0.2) is 0 Å². The minimum atomic E-state index is -0.964. The van der Waals surface area contributed by atoms with E-state index < -0.39 is 11.2 Å². The van der Waals surface area contributed by atoms with Crippen LogP contribution in [-0.4, -0.2) is 20.7 Å². The zero-order valence-electron chi connectivity index (χ0n) is 6.91. The summed E-state index contributed by atoms with van der Waals surface area (Å²) in [7, 11) is 0. The maximum absolute atomic E-state index is 10.8. The van der Waals surface area contributed by atoms with Crippen LogP contribution in [0, 0.1) is 0 Å². The maximum Gasteiger partial charge on any atom is 0.320 e. The number of benzene rings is 1. The third kappa shape index (κ3) is 1.46. The summed E-state index contributed by atoms with van der Waals surface area (Å²) < 4.78 is 4.56. The van der Waals surface area contributed by atoms with Gasteiger partial charge < -0.3 is 5.11 Å². The van der Waals surface area contributed by atoms with Crippen LogP contribution in [0.4, 0.5) is 0 Å². The molecule has 0 aliphatic heterocycles. The fourth-order valence-corrected chi connectivity index (χ4v) is 2.18. The van der Waals surface area contributed by atoms with Gasteiger partial charge in [0.05, 0.1) is 4.70 Å². The Labute approximate surface area is 89.1 Å². The van der Waals surface area contributed by atoms with Crippen molar-refractivity contribution in [2.45, 2.75) is 5.25 Å². The Morgan fingerprint density at radius 3 is 3.07 bits per heavy atom. The van der Waals surface area contributed by atoms with E-state index in [1.165, 1.54) is 11.5 Å². The van der Waals surface area contributed by atoms with Crippen molar-refractivity contribution in [1.82, 2.24) is 9.59 Å². The second-order valence-corrected chi connectivity index (χ2v) is 3.98. The summed E-state index contributed by atoms with van der Waals surface area (Å²) in [6, 6.07) is 5.28. The first kappa shape index (κ1) is 9.42. The molecule has 2 rings (SSSR count). The molecule has 14 heavy (non-hydrogen) atoms. The van der Waals surface area contributed by atoms with Gasteiger partial charge in [-0.3, -0.25) is 4.79 Å². The van der Waals surface area contributed by atoms with Crippen LogP contribution in [0.3, 0.4) is 0 Å². The number of thiol groups is 1. The Morgan fingerprint density at radius 2 is 2.36 bits per heavy atom. The van der Waals surface area contributed by atoms with Gasteiger partial charge in [-0.1, -0.05) is 16.6 Å². The molecule has 0 amide bonds. The van der Waals surface area contributed by atoms with Crippen molar-refractivity contribution in [3.63, 3.8) is 0 Å². The number of nitrogens with zero attached hydrogens (tertiary/aromatic N) is 2. The van der Waals surface area contributed by atoms with Crippen LogP contribution >= 0.6 is 24.2 Å². The lowest BCUT2D eigenvalue weighted by Crippen LogP contribution is -2.04. The highest BCUT2D eigenvalue weighted by atomic mass is 32.1. The molecule has 6 heteroatoms. The summed E-state index contributed by atoms with van der Waals surface area (Å²) in [5.41, 5.74) is 1.36. The summed E-state index contributed by atoms with van der Waals surface area (Å²) in [6.45, 7) is 0. The Kier molecular flexibility index (Phi) is 2.39. The van der Waals surface area contributed by atoms with Crippen molar-refractivity contribution in [3.8, 4) is 0 Å². The van der Waals surface area contributed by atoms with Crippen LogP contribution in [0.2, 0.25) is 0 Å². The highest BCUT2D eigenvalue weighted by Gasteiger charge is 2.18. The Morgan fingerprint density at radius 1 is 1.57 bits per heavy atom. The molecule has 0 radical (unpaired) electrons. The predicted molar refractivity (Wildman–Crippen MR) is 56.8 cm³/mol. The summed E-state index contributed by atoms with van der Waals surface area (Å²) in [5, 5.41) is 11.9. The molecule has 1 aromatic heterocycles. The van der Waals surface area contributed by atoms with Crippen LogP contribution in [0.1, 0.15) is 10.8 Å². The van der Waals surface area contributed by atoms with Gasteiger partial charge in [-0.15, -0.1) is 5.10 Å². The highest BCUT2D eigenvalue weighted by Crippen LogP contribution is 2.29. The third-order valence-electron chi connectivity index (χ3n) is 1.83. The molecule has 1 heterocycles. The second-order valence-electron chi connectivity index (χ2n) is 2.71. The average molecular weight is 226 g/mol. The van der Waals surface area contributed by atoms with Crippen molar-refractivity contribution < 1.29 is 9.90 Å². The summed E-state index contributed by atoms with van der Waals surface area (Å²) in [5.74, 6) is -0.964. The van der Waals surface area contributed by atoms with E-state index in [0.29, 0.717) is 11.1 Å². The van der Waals surface area contributed by atoms with E-state index >= 15 is 0 Å². The molecule has 72 valence electrons. The quantitative estimate of drug-likeness (QED) is 0.766. The number of carbonyl (C=O) groups is 1. The van der Waals surface area contributed by atoms with E-state index in [1.807, 2.05) is 0 Å². The molecular formula is C8H6N2O2S2. The van der Waals surface area contributed by atoms with E-state index in [2.05, 4.69) is 22.2 Å². The van der Waals surface area contributed by atoms with Gasteiger partial charge in [0.2, 0.25) is 0 Å². The molecule has 0 saturated carbocycles. The van der Waals surface area contributed by atoms with Crippen molar-refractivity contribution in [1.29, 1.82) is 0 Å². The number of carboxylic acid groups (broad SMARTS) is 1. The molecule has 2 aromatic rings. The molecule has 1 atom stereocenters. The van der Waals surface area contributed by atoms with Gasteiger partial charge >= 0.3 is 5.97 Å². The van der Waals surface area contributed by atoms with Gasteiger partial charge in [0, 0.05) is 0 Å². The average Bonchev–Trinajstić information content (AvgIpc) is 2.63. The number of fused-ring (bicyclic) bond motifs is 1. The standard InChI is InChI=1S/C8H6N2O2S2/c11-8(12)6(13)4-2-1-3-5-7(4)14-10-9-5/h1-3,6,13H,(H,11,12). The van der Waals surface area contributed by atoms with Crippen LogP contribution in [0.5, 0.6) is 0 Å². The molecule has 1 aromatic carbocycles. The number of aliphatic carboxylic acids is 1. The van der Waals surface area contributed by atoms with Crippen LogP contribution in [0.25, 0.3) is 10.2 Å². The minimum absolute atomic E-state index is 0.647. The largest absolute Gasteiger partial charge is 0.480 e. The minimum Gasteiger partial charge on any atom is -0.480 e. The lowest BCUT2D eigenvalue weighted by molar-refractivity contribution is -0.136. The predicted octanol–water partition coefficient (Wildman–Crippen LogP) is 1.75. The molecule has 0 spiro atoms. The SMILES string of the molecule is O=C(O)C(S)c1cccc2nnsc12. The van der Waals surface area contributed by atoms with E-state index in [-0.39, 0.29) is 0 Å². The van der Waals surface area contributed by atoms with Gasteiger partial charge in [0.25, 0.3) is 0 Å². The molecule has 0 fully saturated rings. The monoisotopic (exact) mass is 226 g/mol. The lowest BCUT2D eigenvalue weighted by atomic mass is 10.1. The van der Waals surface area contributed by atoms with Crippen LogP contribution in [0.15, 0.2) is 18.2 Å². The normalized spacial score (nSPS) is 12.9. The van der Waals surface area contributed by atoms with Crippen LogP contribution in [-0.2, 0) is 4.79 Å². The molecule has 4 nitrogen and oxygen atoms in total. The van der Waals surface area contributed by atoms with Crippen LogP contribution < -0.4 is 0 Å². The van der Waals surface area contributed by atoms with E-state index in [4.69, 9.17) is 5.11 Å². The van der Waals surface area contributed by atoms with E-state index in [9.17, 15) is 4.79 Å². The number of carboxylic acids is 1. The van der Waals surface area contributed by atoms with E-state index in [0.717, 1.165) is 4.70 Å². The molecule has 1 unspecified atom stereocenters. The number of rotatable bonds is 2. The van der Waals surface area contributed by atoms with Gasteiger partial charge in [0.15, 0.2) is 0 Å². The van der Waals surface area contributed by atoms with Crippen molar-refractivity contribution >= 4 is 40.3 Å². The fourth-order valence-electron chi connectivity index (χ4n) is 1.17. The third-order valence-corrected chi connectivity index (χ3v) is 3.12. The number of aromatic nitrogens is 2. The highest BCUT2D eigenvalue weighted by molar-refractivity contribution is 7.81. The van der Waals surface area contributed by atoms with Crippen molar-refractivity contribution in [2.75, 3.05) is 0 Å². The number of hydrogen-bond donors (Lipinski definition) is 2. The van der Waals surface area contributed by atoms with Crippen molar-refractivity contribution in [2.24, 2.45) is 0 Å². The van der Waals surface area contributed by atoms with Gasteiger partial charge in [0.1, 0.15) is 10.8 Å². The molecule has 0 aliphatic carbocycles. The van der Waals surface area contributed by atoms with E-state index in [1.54, 1.807) is 18.2 Å². The summed E-state index contributed by atoms with van der Waals surface area (Å²) in [4.78, 5) is 10.8. The first-order valence-electron chi connectivity index (χ1n) is 3.82. The Balaban J connectivity index is 2.61. The zero-order valence-corrected chi connectivity index (χ0v) is 8.63. The summed E-state index contributed by atoms with van der Waals surface area (Å²) in [6.07, 6.45) is 0. The maximum atomic E-state index is 10.8. The first-order chi connectivity index (χ1) is 6.70. The first-order valence-corrected chi connectivity index (χ1v) is 5.11. The molecule has 1 N–H and O–H groups in total. The van der Waals surface area contributed by atoms with Crippen molar-refractivity contribution in [3.05, 3.63) is 23.8 Å². The number of hydrogen-bond acceptors (Lipinski definition) is 5. The Hall–Kier alpha value is -1.14. The second kappa shape index (κ2) is 3.55. The fraction of sp³-hybridized carbons (Fsp3) is 0.125. The van der Waals surface area contributed by atoms with Gasteiger partial charge in [-0.2, -0.15) is 12.6 Å². The Bertz CT molecular complexity index is 483. The zero-order chi connectivity index (χ0) is 10.1.